The molecule has 0 amide bonds. The number of rotatable bonds is 3. The van der Waals surface area contributed by atoms with Gasteiger partial charge in [-0.1, -0.05) is 37.3 Å². The SMILES string of the molecule is CCC(c1ccccc1)n1ncc(I)c1N. The Balaban J connectivity index is 2.41. The van der Waals surface area contributed by atoms with Crippen molar-refractivity contribution in [2.45, 2.75) is 19.4 Å². The summed E-state index contributed by atoms with van der Waals surface area (Å²) in [6.07, 6.45) is 2.79. The van der Waals surface area contributed by atoms with Crippen molar-refractivity contribution in [1.82, 2.24) is 9.78 Å². The smallest absolute Gasteiger partial charge is 0.135 e. The van der Waals surface area contributed by atoms with Gasteiger partial charge in [-0.05, 0) is 34.6 Å². The van der Waals surface area contributed by atoms with Gasteiger partial charge in [0.05, 0.1) is 15.8 Å². The molecule has 0 radical (unpaired) electrons. The molecule has 0 spiro atoms. The molecule has 2 aromatic rings. The van der Waals surface area contributed by atoms with Crippen LogP contribution in [0.4, 0.5) is 5.82 Å². The number of hydrogen-bond acceptors (Lipinski definition) is 2. The highest BCUT2D eigenvalue weighted by Gasteiger charge is 2.15. The van der Waals surface area contributed by atoms with Crippen molar-refractivity contribution in [3.63, 3.8) is 0 Å². The van der Waals surface area contributed by atoms with Gasteiger partial charge in [0.15, 0.2) is 0 Å². The number of nitrogens with two attached hydrogens (primary N) is 1. The van der Waals surface area contributed by atoms with Gasteiger partial charge in [-0.25, -0.2) is 4.68 Å². The van der Waals surface area contributed by atoms with Crippen molar-refractivity contribution >= 4 is 28.4 Å². The topological polar surface area (TPSA) is 43.8 Å². The predicted molar refractivity (Wildman–Crippen MR) is 74.2 cm³/mol. The van der Waals surface area contributed by atoms with Crippen LogP contribution in [0.2, 0.25) is 0 Å². The first kappa shape index (κ1) is 11.4. The van der Waals surface area contributed by atoms with Crippen LogP contribution < -0.4 is 5.73 Å². The lowest BCUT2D eigenvalue weighted by atomic mass is 10.1. The lowest BCUT2D eigenvalue weighted by Crippen LogP contribution is -2.14. The minimum atomic E-state index is 0.227. The molecule has 16 heavy (non-hydrogen) atoms. The molecule has 1 heterocycles. The number of halogens is 1. The molecule has 2 N–H and O–H groups in total. The van der Waals surface area contributed by atoms with E-state index in [1.165, 1.54) is 5.56 Å². The van der Waals surface area contributed by atoms with E-state index < -0.39 is 0 Å². The van der Waals surface area contributed by atoms with Crippen molar-refractivity contribution in [2.75, 3.05) is 5.73 Å². The van der Waals surface area contributed by atoms with Gasteiger partial charge in [-0.3, -0.25) is 0 Å². The summed E-state index contributed by atoms with van der Waals surface area (Å²) in [5, 5.41) is 4.35. The quantitative estimate of drug-likeness (QED) is 0.881. The Bertz CT molecular complexity index is 464. The summed E-state index contributed by atoms with van der Waals surface area (Å²) >= 11 is 2.21. The molecule has 2 rings (SSSR count). The Hall–Kier alpha value is -1.04. The lowest BCUT2D eigenvalue weighted by Gasteiger charge is -2.17. The van der Waals surface area contributed by atoms with E-state index in [1.54, 1.807) is 0 Å². The average molecular weight is 327 g/mol. The van der Waals surface area contributed by atoms with Crippen LogP contribution in [0.1, 0.15) is 24.9 Å². The van der Waals surface area contributed by atoms with Gasteiger partial charge < -0.3 is 5.73 Å². The predicted octanol–water partition coefficient (Wildman–Crippen LogP) is 3.07. The van der Waals surface area contributed by atoms with Gasteiger partial charge in [0.25, 0.3) is 0 Å². The van der Waals surface area contributed by atoms with Gasteiger partial charge >= 0.3 is 0 Å². The van der Waals surface area contributed by atoms with Crippen LogP contribution in [-0.4, -0.2) is 9.78 Å². The molecular formula is C12H14IN3. The van der Waals surface area contributed by atoms with E-state index in [0.29, 0.717) is 0 Å². The summed E-state index contributed by atoms with van der Waals surface area (Å²) in [4.78, 5) is 0. The van der Waals surface area contributed by atoms with Crippen molar-refractivity contribution in [2.24, 2.45) is 0 Å². The third-order valence-corrected chi connectivity index (χ3v) is 3.48. The molecule has 3 nitrogen and oxygen atoms in total. The monoisotopic (exact) mass is 327 g/mol. The molecule has 1 aromatic heterocycles. The second-order valence-electron chi connectivity index (χ2n) is 3.66. The van der Waals surface area contributed by atoms with Crippen LogP contribution in [-0.2, 0) is 0 Å². The van der Waals surface area contributed by atoms with Crippen LogP contribution in [0.15, 0.2) is 36.5 Å². The molecule has 0 fully saturated rings. The maximum Gasteiger partial charge on any atom is 0.135 e. The van der Waals surface area contributed by atoms with E-state index in [1.807, 2.05) is 29.1 Å². The first-order valence-electron chi connectivity index (χ1n) is 5.27. The van der Waals surface area contributed by atoms with Gasteiger partial charge in [0, 0.05) is 0 Å². The molecular weight excluding hydrogens is 313 g/mol. The number of anilines is 1. The Morgan fingerprint density at radius 3 is 2.56 bits per heavy atom. The molecule has 1 aromatic carbocycles. The van der Waals surface area contributed by atoms with E-state index in [4.69, 9.17) is 5.73 Å². The van der Waals surface area contributed by atoms with Crippen molar-refractivity contribution in [3.05, 3.63) is 45.7 Å². The third-order valence-electron chi connectivity index (χ3n) is 2.65. The first-order chi connectivity index (χ1) is 7.74. The maximum absolute atomic E-state index is 6.01. The van der Waals surface area contributed by atoms with Crippen LogP contribution in [0.3, 0.4) is 0 Å². The fourth-order valence-electron chi connectivity index (χ4n) is 1.82. The van der Waals surface area contributed by atoms with Crippen LogP contribution in [0.5, 0.6) is 0 Å². The zero-order valence-electron chi connectivity index (χ0n) is 9.10. The zero-order valence-corrected chi connectivity index (χ0v) is 11.3. The number of nitrogens with zero attached hydrogens (tertiary/aromatic N) is 2. The van der Waals surface area contributed by atoms with Gasteiger partial charge in [-0.15, -0.1) is 0 Å². The van der Waals surface area contributed by atoms with Crippen LogP contribution in [0, 0.1) is 3.57 Å². The number of aromatic nitrogens is 2. The lowest BCUT2D eigenvalue weighted by molar-refractivity contribution is 0.516. The van der Waals surface area contributed by atoms with Gasteiger partial charge in [0.2, 0.25) is 0 Å². The molecule has 0 aliphatic heterocycles. The van der Waals surface area contributed by atoms with Crippen molar-refractivity contribution in [3.8, 4) is 0 Å². The maximum atomic E-state index is 6.01. The highest BCUT2D eigenvalue weighted by Crippen LogP contribution is 2.25. The summed E-state index contributed by atoms with van der Waals surface area (Å²) in [7, 11) is 0. The summed E-state index contributed by atoms with van der Waals surface area (Å²) in [6, 6.07) is 10.6. The first-order valence-corrected chi connectivity index (χ1v) is 6.35. The average Bonchev–Trinajstić information content (AvgIpc) is 2.64. The summed E-state index contributed by atoms with van der Waals surface area (Å²) in [6.45, 7) is 2.14. The number of hydrogen-bond donors (Lipinski definition) is 1. The summed E-state index contributed by atoms with van der Waals surface area (Å²) in [5.74, 6) is 0.747. The zero-order chi connectivity index (χ0) is 11.5. The number of benzene rings is 1. The van der Waals surface area contributed by atoms with Crippen molar-refractivity contribution < 1.29 is 0 Å². The molecule has 84 valence electrons. The molecule has 4 heteroatoms. The Kier molecular flexibility index (Phi) is 3.48. The van der Waals surface area contributed by atoms with E-state index in [9.17, 15) is 0 Å². The second-order valence-corrected chi connectivity index (χ2v) is 4.82. The highest BCUT2D eigenvalue weighted by atomic mass is 127. The Morgan fingerprint density at radius 1 is 1.38 bits per heavy atom. The second kappa shape index (κ2) is 4.86. The molecule has 0 bridgehead atoms. The van der Waals surface area contributed by atoms with E-state index in [2.05, 4.69) is 46.7 Å². The van der Waals surface area contributed by atoms with Crippen LogP contribution >= 0.6 is 22.6 Å². The minimum Gasteiger partial charge on any atom is -0.383 e. The van der Waals surface area contributed by atoms with E-state index >= 15 is 0 Å². The molecule has 0 saturated heterocycles. The fraction of sp³-hybridized carbons (Fsp3) is 0.250. The molecule has 0 aliphatic carbocycles. The molecule has 0 aliphatic rings. The van der Waals surface area contributed by atoms with Crippen molar-refractivity contribution in [1.29, 1.82) is 0 Å². The normalized spacial score (nSPS) is 12.6. The van der Waals surface area contributed by atoms with E-state index in [0.717, 1.165) is 15.8 Å². The largest absolute Gasteiger partial charge is 0.383 e. The summed E-state index contributed by atoms with van der Waals surface area (Å²) in [5.41, 5.74) is 7.26. The fourth-order valence-corrected chi connectivity index (χ4v) is 2.20. The van der Waals surface area contributed by atoms with Gasteiger partial charge in [0.1, 0.15) is 5.82 Å². The number of nitrogen functional groups attached to an aromatic ring is 1. The van der Waals surface area contributed by atoms with Gasteiger partial charge in [-0.2, -0.15) is 5.10 Å². The Morgan fingerprint density at radius 2 is 2.06 bits per heavy atom. The molecule has 1 unspecified atom stereocenters. The molecule has 1 atom stereocenters. The summed E-state index contributed by atoms with van der Waals surface area (Å²) < 4.78 is 2.91. The molecule has 0 saturated carbocycles. The van der Waals surface area contributed by atoms with Crippen LogP contribution in [0.25, 0.3) is 0 Å². The standard InChI is InChI=1S/C12H14IN3/c1-2-11(9-6-4-3-5-7-9)16-12(14)10(13)8-15-16/h3-8,11H,2,14H2,1H3. The highest BCUT2D eigenvalue weighted by molar-refractivity contribution is 14.1. The third kappa shape index (κ3) is 2.07. The minimum absolute atomic E-state index is 0.227. The van der Waals surface area contributed by atoms with E-state index in [-0.39, 0.29) is 6.04 Å². The Labute approximate surface area is 109 Å².